The summed E-state index contributed by atoms with van der Waals surface area (Å²) < 4.78 is 39.6. The molecule has 3 aromatic carbocycles. The average molecular weight is 619 g/mol. The lowest BCUT2D eigenvalue weighted by Crippen LogP contribution is -2.46. The number of H-pyrrole nitrogens is 1. The Morgan fingerprint density at radius 3 is 2.16 bits per heavy atom. The SMILES string of the molecule is CC(C)c1cccc(C(C)C)c1NC(=O)N(CC(=O)N(CCc1c[nH]c2ccccc12)Cc1ccc(C(F)(F)F)cc1)C1CC1. The van der Waals surface area contributed by atoms with Crippen LogP contribution in [0.4, 0.5) is 23.7 Å². The maximum Gasteiger partial charge on any atom is 0.416 e. The summed E-state index contributed by atoms with van der Waals surface area (Å²) in [6.45, 7) is 8.71. The Bertz CT molecular complexity index is 1610. The number of hydrogen-bond donors (Lipinski definition) is 2. The number of urea groups is 1. The van der Waals surface area contributed by atoms with Crippen molar-refractivity contribution in [1.82, 2.24) is 14.8 Å². The Morgan fingerprint density at radius 2 is 1.56 bits per heavy atom. The summed E-state index contributed by atoms with van der Waals surface area (Å²) in [5.74, 6) is 0.135. The highest BCUT2D eigenvalue weighted by molar-refractivity contribution is 5.94. The molecule has 4 aromatic rings. The molecular formula is C36H41F3N4O2. The number of aromatic nitrogens is 1. The normalized spacial score (nSPS) is 13.4. The van der Waals surface area contributed by atoms with Gasteiger partial charge in [0.2, 0.25) is 5.91 Å². The van der Waals surface area contributed by atoms with Crippen molar-refractivity contribution in [2.75, 3.05) is 18.4 Å². The van der Waals surface area contributed by atoms with Crippen LogP contribution in [0.5, 0.6) is 0 Å². The zero-order chi connectivity index (χ0) is 32.3. The summed E-state index contributed by atoms with van der Waals surface area (Å²) in [7, 11) is 0. The maximum absolute atomic E-state index is 14.0. The van der Waals surface area contributed by atoms with Crippen molar-refractivity contribution in [3.05, 3.63) is 101 Å². The number of carbonyl (C=O) groups is 2. The molecule has 6 nitrogen and oxygen atoms in total. The van der Waals surface area contributed by atoms with Gasteiger partial charge in [0.25, 0.3) is 0 Å². The second-order valence-electron chi connectivity index (χ2n) is 12.5. The van der Waals surface area contributed by atoms with Gasteiger partial charge in [-0.25, -0.2) is 4.79 Å². The number of alkyl halides is 3. The molecule has 3 amide bonds. The third kappa shape index (κ3) is 7.70. The van der Waals surface area contributed by atoms with Crippen LogP contribution < -0.4 is 5.32 Å². The molecule has 2 N–H and O–H groups in total. The second-order valence-corrected chi connectivity index (χ2v) is 12.5. The molecule has 45 heavy (non-hydrogen) atoms. The molecule has 9 heteroatoms. The molecule has 0 bridgehead atoms. The molecule has 0 radical (unpaired) electrons. The molecule has 1 fully saturated rings. The van der Waals surface area contributed by atoms with Gasteiger partial charge in [-0.1, -0.05) is 76.2 Å². The molecule has 0 aliphatic heterocycles. The van der Waals surface area contributed by atoms with Crippen molar-refractivity contribution in [1.29, 1.82) is 0 Å². The Labute approximate surface area is 262 Å². The number of benzene rings is 3. The first kappa shape index (κ1) is 32.1. The minimum atomic E-state index is -4.44. The minimum Gasteiger partial charge on any atom is -0.361 e. The van der Waals surface area contributed by atoms with E-state index in [4.69, 9.17) is 0 Å². The highest BCUT2D eigenvalue weighted by Crippen LogP contribution is 2.34. The summed E-state index contributed by atoms with van der Waals surface area (Å²) in [5, 5.41) is 4.22. The van der Waals surface area contributed by atoms with Crippen molar-refractivity contribution in [2.24, 2.45) is 0 Å². The molecule has 1 heterocycles. The number of anilines is 1. The Balaban J connectivity index is 1.37. The maximum atomic E-state index is 14.0. The van der Waals surface area contributed by atoms with E-state index in [1.54, 1.807) is 9.80 Å². The summed E-state index contributed by atoms with van der Waals surface area (Å²) in [4.78, 5) is 34.3. The third-order valence-electron chi connectivity index (χ3n) is 8.49. The van der Waals surface area contributed by atoms with Crippen LogP contribution in [-0.2, 0) is 23.9 Å². The zero-order valence-corrected chi connectivity index (χ0v) is 26.2. The van der Waals surface area contributed by atoms with E-state index in [2.05, 4.69) is 38.0 Å². The van der Waals surface area contributed by atoms with Gasteiger partial charge in [0.1, 0.15) is 6.54 Å². The van der Waals surface area contributed by atoms with Crippen LogP contribution in [0.25, 0.3) is 10.9 Å². The molecule has 0 saturated heterocycles. The molecule has 1 aliphatic rings. The largest absolute Gasteiger partial charge is 0.416 e. The van der Waals surface area contributed by atoms with Crippen LogP contribution in [0.15, 0.2) is 72.9 Å². The second kappa shape index (κ2) is 13.4. The van der Waals surface area contributed by atoms with E-state index in [1.165, 1.54) is 12.1 Å². The molecule has 0 spiro atoms. The number of aromatic amines is 1. The van der Waals surface area contributed by atoms with E-state index < -0.39 is 11.7 Å². The summed E-state index contributed by atoms with van der Waals surface area (Å²) in [5.41, 5.74) is 4.77. The fourth-order valence-electron chi connectivity index (χ4n) is 5.78. The number of nitrogens with zero attached hydrogens (tertiary/aromatic N) is 2. The van der Waals surface area contributed by atoms with Crippen molar-refractivity contribution in [3.8, 4) is 0 Å². The van der Waals surface area contributed by atoms with Gasteiger partial charge < -0.3 is 20.1 Å². The first-order valence-corrected chi connectivity index (χ1v) is 15.6. The quantitative estimate of drug-likeness (QED) is 0.177. The number of para-hydroxylation sites is 2. The Hall–Kier alpha value is -4.27. The monoisotopic (exact) mass is 618 g/mol. The average Bonchev–Trinajstić information content (AvgIpc) is 3.76. The van der Waals surface area contributed by atoms with E-state index in [-0.39, 0.29) is 42.9 Å². The van der Waals surface area contributed by atoms with Crippen molar-refractivity contribution in [2.45, 2.75) is 77.6 Å². The minimum absolute atomic E-state index is 0.0378. The van der Waals surface area contributed by atoms with Crippen molar-refractivity contribution in [3.63, 3.8) is 0 Å². The predicted octanol–water partition coefficient (Wildman–Crippen LogP) is 8.70. The van der Waals surface area contributed by atoms with Crippen LogP contribution in [0.3, 0.4) is 0 Å². The summed E-state index contributed by atoms with van der Waals surface area (Å²) >= 11 is 0. The Kier molecular flexibility index (Phi) is 9.56. The van der Waals surface area contributed by atoms with Crippen LogP contribution in [-0.4, -0.2) is 45.9 Å². The van der Waals surface area contributed by atoms with Crippen molar-refractivity contribution < 1.29 is 22.8 Å². The fourth-order valence-corrected chi connectivity index (χ4v) is 5.78. The molecule has 1 aromatic heterocycles. The van der Waals surface area contributed by atoms with Crippen LogP contribution in [0.1, 0.15) is 80.2 Å². The number of hydrogen-bond acceptors (Lipinski definition) is 2. The van der Waals surface area contributed by atoms with Gasteiger partial charge in [-0.05, 0) is 71.6 Å². The number of halogens is 3. The lowest BCUT2D eigenvalue weighted by atomic mass is 9.93. The van der Waals surface area contributed by atoms with Crippen LogP contribution >= 0.6 is 0 Å². The fraction of sp³-hybridized carbons (Fsp3) is 0.389. The smallest absolute Gasteiger partial charge is 0.361 e. The number of amides is 3. The number of carbonyl (C=O) groups excluding carboxylic acids is 2. The summed E-state index contributed by atoms with van der Waals surface area (Å²) in [6, 6.07) is 18.5. The van der Waals surface area contributed by atoms with Crippen LogP contribution in [0, 0.1) is 0 Å². The molecular weight excluding hydrogens is 577 g/mol. The standard InChI is InChI=1S/C36H41F3N4O2/c1-23(2)29-9-7-10-30(24(3)4)34(29)41-35(45)43(28-16-17-28)22-33(44)42(21-25-12-14-27(15-13-25)36(37,38)39)19-18-26-20-40-32-11-6-5-8-31(26)32/h5-15,20,23-24,28,40H,16-19,21-22H2,1-4H3,(H,41,45). The van der Waals surface area contributed by atoms with Crippen LogP contribution in [0.2, 0.25) is 0 Å². The van der Waals surface area contributed by atoms with Gasteiger partial charge in [0.15, 0.2) is 0 Å². The molecule has 5 rings (SSSR count). The predicted molar refractivity (Wildman–Crippen MR) is 172 cm³/mol. The topological polar surface area (TPSA) is 68.4 Å². The van der Waals surface area contributed by atoms with Gasteiger partial charge in [0, 0.05) is 41.9 Å². The molecule has 0 atom stereocenters. The third-order valence-corrected chi connectivity index (χ3v) is 8.49. The van der Waals surface area contributed by atoms with Gasteiger partial charge >= 0.3 is 12.2 Å². The highest BCUT2D eigenvalue weighted by Gasteiger charge is 2.36. The van der Waals surface area contributed by atoms with E-state index in [0.717, 1.165) is 58.3 Å². The van der Waals surface area contributed by atoms with Gasteiger partial charge in [-0.15, -0.1) is 0 Å². The summed E-state index contributed by atoms with van der Waals surface area (Å²) in [6.07, 6.45) is -0.333. The molecule has 0 unspecified atom stereocenters. The van der Waals surface area contributed by atoms with Gasteiger partial charge in [0.05, 0.1) is 5.56 Å². The number of rotatable bonds is 11. The van der Waals surface area contributed by atoms with E-state index in [9.17, 15) is 22.8 Å². The number of fused-ring (bicyclic) bond motifs is 1. The Morgan fingerprint density at radius 1 is 0.911 bits per heavy atom. The molecule has 1 saturated carbocycles. The lowest BCUT2D eigenvalue weighted by molar-refractivity contribution is -0.137. The first-order valence-electron chi connectivity index (χ1n) is 15.6. The van der Waals surface area contributed by atoms with E-state index >= 15 is 0 Å². The molecule has 238 valence electrons. The first-order chi connectivity index (χ1) is 21.4. The van der Waals surface area contributed by atoms with Crippen molar-refractivity contribution >= 4 is 28.5 Å². The molecule has 1 aliphatic carbocycles. The number of nitrogens with one attached hydrogen (secondary N) is 2. The van der Waals surface area contributed by atoms with Gasteiger partial charge in [-0.3, -0.25) is 4.79 Å². The van der Waals surface area contributed by atoms with Gasteiger partial charge in [-0.2, -0.15) is 13.2 Å². The lowest BCUT2D eigenvalue weighted by Gasteiger charge is -2.29. The zero-order valence-electron chi connectivity index (χ0n) is 26.2. The van der Waals surface area contributed by atoms with E-state index in [1.807, 2.05) is 48.7 Å². The highest BCUT2D eigenvalue weighted by atomic mass is 19.4. The van der Waals surface area contributed by atoms with E-state index in [0.29, 0.717) is 18.5 Å².